The average Bonchev–Trinajstić information content (AvgIpc) is 2.27. The van der Waals surface area contributed by atoms with Gasteiger partial charge in [0.1, 0.15) is 0 Å². The van der Waals surface area contributed by atoms with Crippen molar-refractivity contribution in [3.63, 3.8) is 0 Å². The van der Waals surface area contributed by atoms with E-state index < -0.39 is 0 Å². The Morgan fingerprint density at radius 1 is 1.40 bits per heavy atom. The Morgan fingerprint density at radius 2 is 2.07 bits per heavy atom. The number of hydrazine groups is 1. The van der Waals surface area contributed by atoms with Gasteiger partial charge in [0.2, 0.25) is 0 Å². The SMILES string of the molecule is CCCCN(N)C(=O)Nc1ccccc1. The molecule has 0 atom stereocenters. The van der Waals surface area contributed by atoms with Crippen LogP contribution >= 0.6 is 0 Å². The molecule has 0 saturated carbocycles. The molecule has 0 aliphatic heterocycles. The largest absolute Gasteiger partial charge is 0.335 e. The molecule has 3 N–H and O–H groups in total. The minimum absolute atomic E-state index is 0.269. The third kappa shape index (κ3) is 3.99. The number of anilines is 1. The Morgan fingerprint density at radius 3 is 2.67 bits per heavy atom. The van der Waals surface area contributed by atoms with E-state index in [-0.39, 0.29) is 6.03 Å². The van der Waals surface area contributed by atoms with E-state index in [2.05, 4.69) is 12.2 Å². The fourth-order valence-corrected chi connectivity index (χ4v) is 1.15. The Hall–Kier alpha value is -1.55. The maximum Gasteiger partial charge on any atom is 0.335 e. The monoisotopic (exact) mass is 207 g/mol. The molecule has 82 valence electrons. The second kappa shape index (κ2) is 6.03. The molecule has 0 heterocycles. The third-order valence-corrected chi connectivity index (χ3v) is 2.04. The second-order valence-electron chi connectivity index (χ2n) is 3.34. The van der Waals surface area contributed by atoms with Gasteiger partial charge in [0, 0.05) is 12.2 Å². The number of hydrogen-bond donors (Lipinski definition) is 2. The molecule has 0 aliphatic carbocycles. The number of rotatable bonds is 4. The van der Waals surface area contributed by atoms with Crippen molar-refractivity contribution in [2.75, 3.05) is 11.9 Å². The van der Waals surface area contributed by atoms with E-state index in [1.807, 2.05) is 30.3 Å². The first-order valence-corrected chi connectivity index (χ1v) is 5.12. The summed E-state index contributed by atoms with van der Waals surface area (Å²) in [5.74, 6) is 5.57. The highest BCUT2D eigenvalue weighted by Gasteiger charge is 2.07. The van der Waals surface area contributed by atoms with Crippen LogP contribution < -0.4 is 11.2 Å². The molecule has 1 aromatic rings. The van der Waals surface area contributed by atoms with Crippen molar-refractivity contribution in [3.05, 3.63) is 30.3 Å². The molecule has 0 aromatic heterocycles. The van der Waals surface area contributed by atoms with Gasteiger partial charge in [-0.15, -0.1) is 0 Å². The molecule has 0 radical (unpaired) electrons. The van der Waals surface area contributed by atoms with E-state index >= 15 is 0 Å². The highest BCUT2D eigenvalue weighted by molar-refractivity contribution is 5.88. The molecule has 1 aromatic carbocycles. The molecular formula is C11H17N3O. The van der Waals surface area contributed by atoms with Crippen LogP contribution in [0.4, 0.5) is 10.5 Å². The summed E-state index contributed by atoms with van der Waals surface area (Å²) < 4.78 is 0. The molecule has 0 unspecified atom stereocenters. The summed E-state index contributed by atoms with van der Waals surface area (Å²) in [6.07, 6.45) is 1.94. The van der Waals surface area contributed by atoms with Gasteiger partial charge in [-0.05, 0) is 18.6 Å². The summed E-state index contributed by atoms with van der Waals surface area (Å²) in [4.78, 5) is 11.5. The number of nitrogens with one attached hydrogen (secondary N) is 1. The molecule has 15 heavy (non-hydrogen) atoms. The van der Waals surface area contributed by atoms with Crippen molar-refractivity contribution in [2.45, 2.75) is 19.8 Å². The first-order valence-electron chi connectivity index (χ1n) is 5.12. The molecule has 0 saturated heterocycles. The summed E-state index contributed by atoms with van der Waals surface area (Å²) in [7, 11) is 0. The fourth-order valence-electron chi connectivity index (χ4n) is 1.15. The Labute approximate surface area is 90.0 Å². The number of urea groups is 1. The minimum atomic E-state index is -0.269. The Bertz CT molecular complexity index is 300. The van der Waals surface area contributed by atoms with E-state index in [4.69, 9.17) is 5.84 Å². The lowest BCUT2D eigenvalue weighted by molar-refractivity contribution is 0.212. The van der Waals surface area contributed by atoms with Crippen LogP contribution in [0, 0.1) is 0 Å². The maximum atomic E-state index is 11.5. The molecule has 0 bridgehead atoms. The van der Waals surface area contributed by atoms with Gasteiger partial charge in [0.25, 0.3) is 0 Å². The minimum Gasteiger partial charge on any atom is -0.307 e. The number of nitrogens with two attached hydrogens (primary N) is 1. The van der Waals surface area contributed by atoms with E-state index in [1.54, 1.807) is 0 Å². The predicted octanol–water partition coefficient (Wildman–Crippen LogP) is 2.19. The number of benzene rings is 1. The topological polar surface area (TPSA) is 58.4 Å². The molecule has 1 rings (SSSR count). The van der Waals surface area contributed by atoms with Crippen molar-refractivity contribution in [1.82, 2.24) is 5.01 Å². The zero-order valence-corrected chi connectivity index (χ0v) is 8.94. The van der Waals surface area contributed by atoms with Crippen LogP contribution in [-0.4, -0.2) is 17.6 Å². The van der Waals surface area contributed by atoms with Crippen LogP contribution in [0.2, 0.25) is 0 Å². The fraction of sp³-hybridized carbons (Fsp3) is 0.364. The number of carbonyl (C=O) groups excluding carboxylic acids is 1. The quantitative estimate of drug-likeness (QED) is 0.451. The molecule has 0 spiro atoms. The van der Waals surface area contributed by atoms with Gasteiger partial charge in [-0.1, -0.05) is 31.5 Å². The highest BCUT2D eigenvalue weighted by atomic mass is 16.2. The lowest BCUT2D eigenvalue weighted by Crippen LogP contribution is -2.41. The summed E-state index contributed by atoms with van der Waals surface area (Å²) in [6, 6.07) is 9.00. The predicted molar refractivity (Wildman–Crippen MR) is 61.3 cm³/mol. The van der Waals surface area contributed by atoms with Crippen LogP contribution in [0.25, 0.3) is 0 Å². The standard InChI is InChI=1S/C11H17N3O/c1-2-3-9-14(12)11(15)13-10-7-5-4-6-8-10/h4-8H,2-3,9,12H2,1H3,(H,13,15). The Balaban J connectivity index is 2.42. The van der Waals surface area contributed by atoms with Gasteiger partial charge in [0.15, 0.2) is 0 Å². The number of nitrogens with zero attached hydrogens (tertiary/aromatic N) is 1. The number of unbranched alkanes of at least 4 members (excludes halogenated alkanes) is 1. The zero-order valence-electron chi connectivity index (χ0n) is 8.94. The van der Waals surface area contributed by atoms with Gasteiger partial charge in [-0.3, -0.25) is 5.01 Å². The zero-order chi connectivity index (χ0) is 11.1. The smallest absolute Gasteiger partial charge is 0.307 e. The van der Waals surface area contributed by atoms with Gasteiger partial charge in [0.05, 0.1) is 0 Å². The van der Waals surface area contributed by atoms with Crippen LogP contribution in [0.15, 0.2) is 30.3 Å². The second-order valence-corrected chi connectivity index (χ2v) is 3.34. The third-order valence-electron chi connectivity index (χ3n) is 2.04. The number of hydrogen-bond acceptors (Lipinski definition) is 2. The normalized spacial score (nSPS) is 9.73. The first kappa shape index (κ1) is 11.5. The maximum absolute atomic E-state index is 11.5. The van der Waals surface area contributed by atoms with Crippen molar-refractivity contribution in [2.24, 2.45) is 5.84 Å². The lowest BCUT2D eigenvalue weighted by Gasteiger charge is -2.16. The van der Waals surface area contributed by atoms with Crippen molar-refractivity contribution >= 4 is 11.7 Å². The summed E-state index contributed by atoms with van der Waals surface area (Å²) in [6.45, 7) is 2.64. The van der Waals surface area contributed by atoms with E-state index in [1.165, 1.54) is 5.01 Å². The average molecular weight is 207 g/mol. The summed E-state index contributed by atoms with van der Waals surface area (Å²) in [5.41, 5.74) is 0.759. The number of amides is 2. The molecular weight excluding hydrogens is 190 g/mol. The van der Waals surface area contributed by atoms with Gasteiger partial charge < -0.3 is 5.32 Å². The summed E-state index contributed by atoms with van der Waals surface area (Å²) in [5, 5.41) is 3.92. The van der Waals surface area contributed by atoms with Crippen LogP contribution in [0.3, 0.4) is 0 Å². The number of carbonyl (C=O) groups is 1. The van der Waals surface area contributed by atoms with E-state index in [0.29, 0.717) is 6.54 Å². The van der Waals surface area contributed by atoms with Crippen molar-refractivity contribution < 1.29 is 4.79 Å². The molecule has 4 heteroatoms. The highest BCUT2D eigenvalue weighted by Crippen LogP contribution is 2.05. The van der Waals surface area contributed by atoms with Gasteiger partial charge >= 0.3 is 6.03 Å². The lowest BCUT2D eigenvalue weighted by atomic mass is 10.3. The molecule has 2 amide bonds. The van der Waals surface area contributed by atoms with Gasteiger partial charge in [-0.25, -0.2) is 10.6 Å². The van der Waals surface area contributed by atoms with Crippen molar-refractivity contribution in [3.8, 4) is 0 Å². The van der Waals surface area contributed by atoms with Crippen molar-refractivity contribution in [1.29, 1.82) is 0 Å². The van der Waals surface area contributed by atoms with E-state index in [0.717, 1.165) is 18.5 Å². The van der Waals surface area contributed by atoms with Crippen LogP contribution in [-0.2, 0) is 0 Å². The van der Waals surface area contributed by atoms with Gasteiger partial charge in [-0.2, -0.15) is 0 Å². The first-order chi connectivity index (χ1) is 7.24. The molecule has 0 aliphatic rings. The molecule has 4 nitrogen and oxygen atoms in total. The Kier molecular flexibility index (Phi) is 4.63. The van der Waals surface area contributed by atoms with Crippen LogP contribution in [0.5, 0.6) is 0 Å². The van der Waals surface area contributed by atoms with E-state index in [9.17, 15) is 4.79 Å². The van der Waals surface area contributed by atoms with Crippen LogP contribution in [0.1, 0.15) is 19.8 Å². The summed E-state index contributed by atoms with van der Waals surface area (Å²) >= 11 is 0. The molecule has 0 fully saturated rings. The number of para-hydroxylation sites is 1.